The minimum absolute atomic E-state index is 0.0143. The molecule has 1 atom stereocenters. The van der Waals surface area contributed by atoms with E-state index >= 15 is 0 Å². The van der Waals surface area contributed by atoms with Gasteiger partial charge in [-0.2, -0.15) is 0 Å². The Kier molecular flexibility index (Phi) is 6.57. The molecule has 9 heteroatoms. The summed E-state index contributed by atoms with van der Waals surface area (Å²) in [5, 5.41) is 15.3. The SMILES string of the molecule is O=C1c2cc([N+](=O)[O-])ccc2C(C(=O)NC2CCCCC2)(c2cccc(Br)c2)N1c1ccc(Cl)cc1. The first-order valence-electron chi connectivity index (χ1n) is 11.8. The van der Waals surface area contributed by atoms with Crippen LogP contribution in [-0.2, 0) is 10.3 Å². The van der Waals surface area contributed by atoms with Crippen molar-refractivity contribution in [1.29, 1.82) is 0 Å². The van der Waals surface area contributed by atoms with Crippen LogP contribution in [0.4, 0.5) is 11.4 Å². The summed E-state index contributed by atoms with van der Waals surface area (Å²) < 4.78 is 0.740. The standard InChI is InChI=1S/C27H23BrClN3O4/c28-18-6-4-5-17(15-18)27(26(34)30-20-7-2-1-3-8-20)24-14-13-22(32(35)36)16-23(24)25(33)31(27)21-11-9-19(29)10-12-21/h4-6,9-16,20H,1-3,7-8H2,(H,30,34). The number of carbonyl (C=O) groups excluding carboxylic acids is 2. The van der Waals surface area contributed by atoms with Crippen molar-refractivity contribution in [2.45, 2.75) is 43.7 Å². The Balaban J connectivity index is 1.79. The highest BCUT2D eigenvalue weighted by molar-refractivity contribution is 9.10. The maximum atomic E-state index is 14.4. The number of nitro groups is 1. The Labute approximate surface area is 221 Å². The van der Waals surface area contributed by atoms with Crippen LogP contribution < -0.4 is 10.2 Å². The average molecular weight is 569 g/mol. The first-order valence-corrected chi connectivity index (χ1v) is 13.0. The number of halogens is 2. The van der Waals surface area contributed by atoms with Gasteiger partial charge in [0.05, 0.1) is 10.5 Å². The van der Waals surface area contributed by atoms with Gasteiger partial charge in [-0.25, -0.2) is 0 Å². The van der Waals surface area contributed by atoms with Crippen LogP contribution >= 0.6 is 27.5 Å². The molecule has 1 N–H and O–H groups in total. The zero-order valence-electron chi connectivity index (χ0n) is 19.2. The highest BCUT2D eigenvalue weighted by atomic mass is 79.9. The van der Waals surface area contributed by atoms with Gasteiger partial charge in [-0.05, 0) is 60.9 Å². The van der Waals surface area contributed by atoms with Gasteiger partial charge < -0.3 is 5.32 Å². The van der Waals surface area contributed by atoms with Gasteiger partial charge in [0.1, 0.15) is 0 Å². The van der Waals surface area contributed by atoms with Crippen LogP contribution in [0.5, 0.6) is 0 Å². The van der Waals surface area contributed by atoms with Crippen LogP contribution in [-0.4, -0.2) is 22.8 Å². The molecule has 3 aromatic carbocycles. The van der Waals surface area contributed by atoms with E-state index in [1.807, 2.05) is 18.2 Å². The van der Waals surface area contributed by atoms with Crippen molar-refractivity contribution in [1.82, 2.24) is 5.32 Å². The smallest absolute Gasteiger partial charge is 0.270 e. The Hall–Kier alpha value is -3.23. The van der Waals surface area contributed by atoms with E-state index < -0.39 is 16.4 Å². The minimum Gasteiger partial charge on any atom is -0.351 e. The van der Waals surface area contributed by atoms with Crippen molar-refractivity contribution in [2.75, 3.05) is 4.90 Å². The summed E-state index contributed by atoms with van der Waals surface area (Å²) in [7, 11) is 0. The molecule has 3 aromatic rings. The van der Waals surface area contributed by atoms with E-state index in [0.29, 0.717) is 21.8 Å². The lowest BCUT2D eigenvalue weighted by Crippen LogP contribution is -2.57. The van der Waals surface area contributed by atoms with Crippen molar-refractivity contribution in [3.63, 3.8) is 0 Å². The molecule has 2 aliphatic rings. The first-order chi connectivity index (χ1) is 17.3. The number of non-ortho nitro benzene ring substituents is 1. The van der Waals surface area contributed by atoms with Crippen LogP contribution in [0.1, 0.15) is 53.6 Å². The highest BCUT2D eigenvalue weighted by Crippen LogP contribution is 2.48. The third-order valence-corrected chi connectivity index (χ3v) is 7.71. The molecule has 1 aliphatic heterocycles. The molecule has 184 valence electrons. The van der Waals surface area contributed by atoms with Crippen molar-refractivity contribution in [2.24, 2.45) is 0 Å². The molecule has 1 aliphatic carbocycles. The number of nitro benzene ring substituents is 1. The second-order valence-corrected chi connectivity index (χ2v) is 10.5. The second kappa shape index (κ2) is 9.67. The van der Waals surface area contributed by atoms with Gasteiger partial charge in [0.15, 0.2) is 5.54 Å². The number of rotatable bonds is 5. The maximum Gasteiger partial charge on any atom is 0.270 e. The topological polar surface area (TPSA) is 92.5 Å². The van der Waals surface area contributed by atoms with Gasteiger partial charge in [0.2, 0.25) is 0 Å². The van der Waals surface area contributed by atoms with Crippen molar-refractivity contribution < 1.29 is 14.5 Å². The fourth-order valence-electron chi connectivity index (χ4n) is 5.32. The number of amides is 2. The van der Waals surface area contributed by atoms with Gasteiger partial charge in [0, 0.05) is 38.9 Å². The number of hydrogen-bond donors (Lipinski definition) is 1. The van der Waals surface area contributed by atoms with Gasteiger partial charge in [0.25, 0.3) is 17.5 Å². The number of anilines is 1. The van der Waals surface area contributed by atoms with E-state index in [1.165, 1.54) is 23.1 Å². The molecule has 0 saturated heterocycles. The average Bonchev–Trinajstić information content (AvgIpc) is 3.14. The normalized spacial score (nSPS) is 19.7. The summed E-state index contributed by atoms with van der Waals surface area (Å²) in [4.78, 5) is 40.9. The predicted octanol–water partition coefficient (Wildman–Crippen LogP) is 6.36. The number of fused-ring (bicyclic) bond motifs is 1. The molecule has 0 spiro atoms. The number of carbonyl (C=O) groups is 2. The van der Waals surface area contributed by atoms with Gasteiger partial charge in [-0.15, -0.1) is 0 Å². The summed E-state index contributed by atoms with van der Waals surface area (Å²) in [5.74, 6) is -0.835. The molecule has 36 heavy (non-hydrogen) atoms. The summed E-state index contributed by atoms with van der Waals surface area (Å²) in [5.41, 5.74) is -0.229. The molecule has 1 fully saturated rings. The molecule has 0 aromatic heterocycles. The number of nitrogens with one attached hydrogen (secondary N) is 1. The van der Waals surface area contributed by atoms with Gasteiger partial charge in [-0.3, -0.25) is 24.6 Å². The van der Waals surface area contributed by atoms with E-state index in [2.05, 4.69) is 21.2 Å². The van der Waals surface area contributed by atoms with E-state index in [1.54, 1.807) is 30.3 Å². The maximum absolute atomic E-state index is 14.4. The first kappa shape index (κ1) is 24.5. The predicted molar refractivity (Wildman–Crippen MR) is 141 cm³/mol. The van der Waals surface area contributed by atoms with Gasteiger partial charge in [-0.1, -0.05) is 58.9 Å². The summed E-state index contributed by atoms with van der Waals surface area (Å²) in [6.45, 7) is 0. The molecular weight excluding hydrogens is 546 g/mol. The third-order valence-electron chi connectivity index (χ3n) is 6.97. The molecule has 1 heterocycles. The zero-order chi connectivity index (χ0) is 25.4. The fourth-order valence-corrected chi connectivity index (χ4v) is 5.85. The number of nitrogens with zero attached hydrogens (tertiary/aromatic N) is 2. The summed E-state index contributed by atoms with van der Waals surface area (Å²) in [6, 6.07) is 18.1. The lowest BCUT2D eigenvalue weighted by Gasteiger charge is -2.40. The molecule has 0 bridgehead atoms. The summed E-state index contributed by atoms with van der Waals surface area (Å²) in [6.07, 6.45) is 4.91. The molecule has 2 amide bonds. The van der Waals surface area contributed by atoms with E-state index in [-0.39, 0.29) is 23.2 Å². The monoisotopic (exact) mass is 567 g/mol. The molecule has 1 unspecified atom stereocenters. The quantitative estimate of drug-likeness (QED) is 0.286. The Morgan fingerprint density at radius 3 is 2.44 bits per heavy atom. The molecular formula is C27H23BrClN3O4. The van der Waals surface area contributed by atoms with Crippen molar-refractivity contribution in [3.05, 3.63) is 103 Å². The molecule has 7 nitrogen and oxygen atoms in total. The molecule has 5 rings (SSSR count). The minimum atomic E-state index is -1.57. The zero-order valence-corrected chi connectivity index (χ0v) is 21.6. The Morgan fingerprint density at radius 1 is 1.06 bits per heavy atom. The lowest BCUT2D eigenvalue weighted by atomic mass is 9.80. The number of hydrogen-bond acceptors (Lipinski definition) is 4. The third kappa shape index (κ3) is 4.08. The lowest BCUT2D eigenvalue weighted by molar-refractivity contribution is -0.384. The van der Waals surface area contributed by atoms with Crippen LogP contribution in [0.25, 0.3) is 0 Å². The van der Waals surface area contributed by atoms with E-state index in [9.17, 15) is 19.7 Å². The van der Waals surface area contributed by atoms with E-state index in [0.717, 1.165) is 36.6 Å². The largest absolute Gasteiger partial charge is 0.351 e. The number of benzene rings is 3. The van der Waals surface area contributed by atoms with Crippen LogP contribution in [0.2, 0.25) is 5.02 Å². The summed E-state index contributed by atoms with van der Waals surface area (Å²) >= 11 is 9.65. The van der Waals surface area contributed by atoms with Crippen LogP contribution in [0.15, 0.2) is 71.2 Å². The Bertz CT molecular complexity index is 1360. The van der Waals surface area contributed by atoms with E-state index in [4.69, 9.17) is 11.6 Å². The van der Waals surface area contributed by atoms with Crippen molar-refractivity contribution in [3.8, 4) is 0 Å². The fraction of sp³-hybridized carbons (Fsp3) is 0.259. The van der Waals surface area contributed by atoms with Crippen LogP contribution in [0.3, 0.4) is 0 Å². The van der Waals surface area contributed by atoms with Gasteiger partial charge >= 0.3 is 0 Å². The van der Waals surface area contributed by atoms with Crippen LogP contribution in [0, 0.1) is 10.1 Å². The highest BCUT2D eigenvalue weighted by Gasteiger charge is 2.57. The van der Waals surface area contributed by atoms with Crippen molar-refractivity contribution >= 4 is 50.7 Å². The Morgan fingerprint density at radius 2 is 1.78 bits per heavy atom. The molecule has 1 saturated carbocycles. The second-order valence-electron chi connectivity index (χ2n) is 9.13. The molecule has 0 radical (unpaired) electrons.